The molecule has 0 saturated carbocycles. The van der Waals surface area contributed by atoms with E-state index in [9.17, 15) is 14.0 Å². The second-order valence-corrected chi connectivity index (χ2v) is 7.17. The highest BCUT2D eigenvalue weighted by Gasteiger charge is 2.30. The average molecular weight is 362 g/mol. The number of rotatable bonds is 2. The number of carbonyl (C=O) groups excluding carboxylic acids is 2. The van der Waals surface area contributed by atoms with Gasteiger partial charge in [0.15, 0.2) is 0 Å². The lowest BCUT2D eigenvalue weighted by Gasteiger charge is -2.42. The molecule has 2 aliphatic heterocycles. The van der Waals surface area contributed by atoms with Gasteiger partial charge in [-0.3, -0.25) is 4.79 Å². The van der Waals surface area contributed by atoms with Crippen LogP contribution in [0.25, 0.3) is 0 Å². The van der Waals surface area contributed by atoms with E-state index in [0.717, 1.165) is 12.8 Å². The second kappa shape index (κ2) is 7.93. The summed E-state index contributed by atoms with van der Waals surface area (Å²) in [4.78, 5) is 29.7. The summed E-state index contributed by atoms with van der Waals surface area (Å²) in [6.07, 6.45) is 1.57. The zero-order valence-electron chi connectivity index (χ0n) is 15.4. The average Bonchev–Trinajstić information content (AvgIpc) is 2.62. The van der Waals surface area contributed by atoms with Crippen molar-refractivity contribution in [2.75, 3.05) is 37.6 Å². The minimum Gasteiger partial charge on any atom is -0.365 e. The molecular weight excluding hydrogens is 335 g/mol. The normalized spacial score (nSPS) is 21.7. The Kier molecular flexibility index (Phi) is 5.64. The number of piperidine rings is 1. The number of amides is 3. The van der Waals surface area contributed by atoms with Crippen molar-refractivity contribution in [3.05, 3.63) is 30.1 Å². The van der Waals surface area contributed by atoms with Crippen molar-refractivity contribution >= 4 is 17.6 Å². The number of urea groups is 1. The first-order chi connectivity index (χ1) is 12.5. The van der Waals surface area contributed by atoms with Crippen LogP contribution in [0.2, 0.25) is 0 Å². The van der Waals surface area contributed by atoms with E-state index >= 15 is 0 Å². The van der Waals surface area contributed by atoms with Crippen LogP contribution in [-0.2, 0) is 4.79 Å². The second-order valence-electron chi connectivity index (χ2n) is 7.17. The third-order valence-corrected chi connectivity index (χ3v) is 5.35. The van der Waals surface area contributed by atoms with Crippen LogP contribution in [0.15, 0.2) is 24.3 Å². The Hall–Kier alpha value is -2.31. The number of nitrogens with zero attached hydrogens (tertiary/aromatic N) is 3. The quantitative estimate of drug-likeness (QED) is 0.876. The van der Waals surface area contributed by atoms with E-state index in [0.29, 0.717) is 38.4 Å². The fraction of sp³-hybridized carbons (Fsp3) is 0.579. The predicted octanol–water partition coefficient (Wildman–Crippen LogP) is 2.06. The number of likely N-dealkylation sites (tertiary alicyclic amines) is 1. The highest BCUT2D eigenvalue weighted by molar-refractivity contribution is 5.76. The SMILES string of the molecule is CC(=O)N1CCC(NC(=O)N2CCN(c3ccccc3F)CC2C)CC1. The molecule has 2 heterocycles. The molecule has 3 amide bonds. The Morgan fingerprint density at radius 1 is 1.12 bits per heavy atom. The van der Waals surface area contributed by atoms with Gasteiger partial charge in [0.05, 0.1) is 5.69 Å². The molecule has 0 radical (unpaired) electrons. The smallest absolute Gasteiger partial charge is 0.317 e. The van der Waals surface area contributed by atoms with Crippen molar-refractivity contribution in [2.24, 2.45) is 0 Å². The fourth-order valence-electron chi connectivity index (χ4n) is 3.78. The van der Waals surface area contributed by atoms with Crippen LogP contribution in [0.1, 0.15) is 26.7 Å². The van der Waals surface area contributed by atoms with Gasteiger partial charge < -0.3 is 20.0 Å². The zero-order chi connectivity index (χ0) is 18.7. The molecule has 1 unspecified atom stereocenters. The summed E-state index contributed by atoms with van der Waals surface area (Å²) in [5.74, 6) is -0.137. The van der Waals surface area contributed by atoms with Crippen LogP contribution in [0, 0.1) is 5.82 Å². The summed E-state index contributed by atoms with van der Waals surface area (Å²) in [6, 6.07) is 6.80. The van der Waals surface area contributed by atoms with E-state index in [4.69, 9.17) is 0 Å². The Morgan fingerprint density at radius 2 is 1.81 bits per heavy atom. The molecule has 2 saturated heterocycles. The molecule has 0 spiro atoms. The Bertz CT molecular complexity index is 661. The molecule has 2 fully saturated rings. The molecule has 1 aromatic rings. The van der Waals surface area contributed by atoms with E-state index in [1.807, 2.05) is 27.7 Å². The molecule has 142 valence electrons. The van der Waals surface area contributed by atoms with Crippen molar-refractivity contribution in [3.8, 4) is 0 Å². The lowest BCUT2D eigenvalue weighted by atomic mass is 10.1. The molecule has 1 aromatic carbocycles. The molecule has 3 rings (SSSR count). The molecule has 0 aromatic heterocycles. The molecule has 6 nitrogen and oxygen atoms in total. The van der Waals surface area contributed by atoms with Crippen molar-refractivity contribution in [3.63, 3.8) is 0 Å². The van der Waals surface area contributed by atoms with E-state index < -0.39 is 0 Å². The number of hydrogen-bond acceptors (Lipinski definition) is 3. The van der Waals surface area contributed by atoms with Gasteiger partial charge >= 0.3 is 6.03 Å². The summed E-state index contributed by atoms with van der Waals surface area (Å²) >= 11 is 0. The van der Waals surface area contributed by atoms with Gasteiger partial charge in [0.1, 0.15) is 5.82 Å². The predicted molar refractivity (Wildman–Crippen MR) is 98.6 cm³/mol. The van der Waals surface area contributed by atoms with E-state index in [2.05, 4.69) is 5.32 Å². The van der Waals surface area contributed by atoms with Crippen LogP contribution >= 0.6 is 0 Å². The highest BCUT2D eigenvalue weighted by atomic mass is 19.1. The third kappa shape index (κ3) is 4.08. The molecule has 1 atom stereocenters. The Balaban J connectivity index is 1.52. The molecule has 7 heteroatoms. The minimum atomic E-state index is -0.227. The third-order valence-electron chi connectivity index (χ3n) is 5.35. The van der Waals surface area contributed by atoms with Crippen LogP contribution in [0.3, 0.4) is 0 Å². The van der Waals surface area contributed by atoms with Gasteiger partial charge in [0, 0.05) is 51.7 Å². The minimum absolute atomic E-state index is 0.000615. The van der Waals surface area contributed by atoms with Gasteiger partial charge in [0.2, 0.25) is 5.91 Å². The topological polar surface area (TPSA) is 55.9 Å². The maximum Gasteiger partial charge on any atom is 0.317 e. The number of carbonyl (C=O) groups is 2. The van der Waals surface area contributed by atoms with Crippen LogP contribution in [-0.4, -0.2) is 66.5 Å². The van der Waals surface area contributed by atoms with Gasteiger partial charge in [-0.25, -0.2) is 9.18 Å². The van der Waals surface area contributed by atoms with Gasteiger partial charge in [-0.05, 0) is 31.9 Å². The largest absolute Gasteiger partial charge is 0.365 e. The lowest BCUT2D eigenvalue weighted by Crippen LogP contribution is -2.58. The van der Waals surface area contributed by atoms with Gasteiger partial charge in [0.25, 0.3) is 0 Å². The van der Waals surface area contributed by atoms with Crippen molar-refractivity contribution in [2.45, 2.75) is 38.8 Å². The van der Waals surface area contributed by atoms with Crippen LogP contribution < -0.4 is 10.2 Å². The number of hydrogen-bond donors (Lipinski definition) is 1. The Morgan fingerprint density at radius 3 is 2.42 bits per heavy atom. The Labute approximate surface area is 153 Å². The number of anilines is 1. The summed E-state index contributed by atoms with van der Waals surface area (Å²) in [7, 11) is 0. The van der Waals surface area contributed by atoms with Gasteiger partial charge in [-0.15, -0.1) is 0 Å². The van der Waals surface area contributed by atoms with Crippen LogP contribution in [0.5, 0.6) is 0 Å². The van der Waals surface area contributed by atoms with Crippen molar-refractivity contribution < 1.29 is 14.0 Å². The van der Waals surface area contributed by atoms with Crippen molar-refractivity contribution in [1.29, 1.82) is 0 Å². The van der Waals surface area contributed by atoms with E-state index in [1.54, 1.807) is 19.1 Å². The van der Waals surface area contributed by atoms with E-state index in [1.165, 1.54) is 6.07 Å². The number of para-hydroxylation sites is 1. The van der Waals surface area contributed by atoms with Crippen molar-refractivity contribution in [1.82, 2.24) is 15.1 Å². The molecular formula is C19H27FN4O2. The highest BCUT2D eigenvalue weighted by Crippen LogP contribution is 2.22. The summed E-state index contributed by atoms with van der Waals surface area (Å²) in [5.41, 5.74) is 0.594. The molecule has 0 bridgehead atoms. The maximum atomic E-state index is 14.0. The number of benzene rings is 1. The summed E-state index contributed by atoms with van der Waals surface area (Å²) in [5, 5.41) is 3.10. The first-order valence-corrected chi connectivity index (χ1v) is 9.28. The lowest BCUT2D eigenvalue weighted by molar-refractivity contribution is -0.129. The van der Waals surface area contributed by atoms with E-state index in [-0.39, 0.29) is 29.8 Å². The molecule has 2 aliphatic rings. The maximum absolute atomic E-state index is 14.0. The summed E-state index contributed by atoms with van der Waals surface area (Å²) < 4.78 is 14.0. The van der Waals surface area contributed by atoms with Gasteiger partial charge in [-0.1, -0.05) is 12.1 Å². The number of halogens is 1. The zero-order valence-corrected chi connectivity index (χ0v) is 15.4. The molecule has 26 heavy (non-hydrogen) atoms. The first-order valence-electron chi connectivity index (χ1n) is 9.28. The monoisotopic (exact) mass is 362 g/mol. The molecule has 0 aliphatic carbocycles. The molecule has 1 N–H and O–H groups in total. The summed E-state index contributed by atoms with van der Waals surface area (Å²) in [6.45, 7) is 6.74. The number of piperazine rings is 1. The van der Waals surface area contributed by atoms with Gasteiger partial charge in [-0.2, -0.15) is 0 Å². The first kappa shape index (κ1) is 18.5. The standard InChI is InChI=1S/C19H27FN4O2/c1-14-13-23(18-6-4-3-5-17(18)20)11-12-24(14)19(26)21-16-7-9-22(10-8-16)15(2)25/h3-6,14,16H,7-13H2,1-2H3,(H,21,26). The fourth-order valence-corrected chi connectivity index (χ4v) is 3.78. The van der Waals surface area contributed by atoms with Crippen LogP contribution in [0.4, 0.5) is 14.9 Å². The number of nitrogens with one attached hydrogen (secondary N) is 1.